The molecule has 7 heteroatoms. The Balaban J connectivity index is 1.36. The predicted molar refractivity (Wildman–Crippen MR) is 88.7 cm³/mol. The number of carbonyl (C=O) groups is 2. The molecule has 0 fully saturated rings. The predicted octanol–water partition coefficient (Wildman–Crippen LogP) is 2.37. The molecule has 2 aromatic carbocycles. The minimum Gasteiger partial charge on any atom is -0.493 e. The summed E-state index contributed by atoms with van der Waals surface area (Å²) < 4.78 is 20.7. The van der Waals surface area contributed by atoms with Crippen molar-refractivity contribution in [2.24, 2.45) is 0 Å². The molecule has 2 aromatic rings. The molecule has 1 aliphatic heterocycles. The molecular weight excluding hydrogens is 326 g/mol. The van der Waals surface area contributed by atoms with Crippen LogP contribution in [0.5, 0.6) is 17.2 Å². The topological polar surface area (TPSA) is 83.1 Å². The summed E-state index contributed by atoms with van der Waals surface area (Å²) in [6.45, 7) is -0.0133. The van der Waals surface area contributed by atoms with Crippen molar-refractivity contribution in [2.75, 3.05) is 25.3 Å². The molecule has 3 rings (SSSR count). The fourth-order valence-electron chi connectivity index (χ4n) is 2.16. The van der Waals surface area contributed by atoms with E-state index in [0.29, 0.717) is 22.9 Å². The lowest BCUT2D eigenvalue weighted by Gasteiger charge is -2.08. The van der Waals surface area contributed by atoms with Gasteiger partial charge >= 0.3 is 5.97 Å². The van der Waals surface area contributed by atoms with Crippen molar-refractivity contribution < 1.29 is 28.5 Å². The number of hydrogen-bond donors (Lipinski definition) is 1. The van der Waals surface area contributed by atoms with Gasteiger partial charge in [0.2, 0.25) is 6.79 Å². The third kappa shape index (κ3) is 4.87. The second-order valence-corrected chi connectivity index (χ2v) is 5.19. The fourth-order valence-corrected chi connectivity index (χ4v) is 2.16. The molecular formula is C18H17NO6. The Kier molecular flexibility index (Phi) is 5.36. The summed E-state index contributed by atoms with van der Waals surface area (Å²) in [4.78, 5) is 23.4. The van der Waals surface area contributed by atoms with E-state index in [1.165, 1.54) is 0 Å². The molecule has 25 heavy (non-hydrogen) atoms. The van der Waals surface area contributed by atoms with E-state index in [2.05, 4.69) is 5.32 Å². The molecule has 130 valence electrons. The Morgan fingerprint density at radius 1 is 1.04 bits per heavy atom. The number of ether oxygens (including phenoxy) is 4. The lowest BCUT2D eigenvalue weighted by Crippen LogP contribution is -2.21. The first kappa shape index (κ1) is 16.6. The van der Waals surface area contributed by atoms with Gasteiger partial charge in [0.1, 0.15) is 5.75 Å². The van der Waals surface area contributed by atoms with Crippen LogP contribution < -0.4 is 19.5 Å². The van der Waals surface area contributed by atoms with E-state index >= 15 is 0 Å². The van der Waals surface area contributed by atoms with E-state index in [1.807, 2.05) is 18.2 Å². The first-order valence-corrected chi connectivity index (χ1v) is 7.74. The van der Waals surface area contributed by atoms with Gasteiger partial charge in [-0.2, -0.15) is 0 Å². The normalized spacial score (nSPS) is 11.7. The summed E-state index contributed by atoms with van der Waals surface area (Å²) in [5, 5.41) is 2.63. The van der Waals surface area contributed by atoms with E-state index in [-0.39, 0.29) is 26.4 Å². The van der Waals surface area contributed by atoms with E-state index < -0.39 is 11.9 Å². The number of hydrogen-bond acceptors (Lipinski definition) is 6. The highest BCUT2D eigenvalue weighted by Crippen LogP contribution is 2.34. The van der Waals surface area contributed by atoms with Crippen LogP contribution in [0.1, 0.15) is 6.42 Å². The zero-order valence-electron chi connectivity index (χ0n) is 13.4. The number of benzene rings is 2. The first-order valence-electron chi connectivity index (χ1n) is 7.74. The van der Waals surface area contributed by atoms with Crippen LogP contribution in [0.2, 0.25) is 0 Å². The van der Waals surface area contributed by atoms with Crippen LogP contribution in [0.4, 0.5) is 5.69 Å². The minimum atomic E-state index is -0.503. The maximum atomic E-state index is 11.8. The van der Waals surface area contributed by atoms with Crippen LogP contribution in [0.3, 0.4) is 0 Å². The summed E-state index contributed by atoms with van der Waals surface area (Å²) in [6.07, 6.45) is 0.0617. The van der Waals surface area contributed by atoms with Crippen molar-refractivity contribution in [3.05, 3.63) is 48.5 Å². The molecule has 1 heterocycles. The van der Waals surface area contributed by atoms with Gasteiger partial charge in [0.05, 0.1) is 13.0 Å². The zero-order chi connectivity index (χ0) is 17.5. The van der Waals surface area contributed by atoms with Gasteiger partial charge < -0.3 is 24.3 Å². The van der Waals surface area contributed by atoms with Crippen LogP contribution in [0.15, 0.2) is 48.5 Å². The standard InChI is InChI=1S/C18H17NO6/c20-17(19-13-6-7-15-16(10-13)25-12-24-15)11-23-18(21)8-9-22-14-4-2-1-3-5-14/h1-7,10H,8-9,11-12H2,(H,19,20). The minimum absolute atomic E-state index is 0.0617. The maximum absolute atomic E-state index is 11.8. The molecule has 0 atom stereocenters. The lowest BCUT2D eigenvalue weighted by molar-refractivity contribution is -0.147. The van der Waals surface area contributed by atoms with Crippen molar-refractivity contribution in [1.82, 2.24) is 0 Å². The Labute approximate surface area is 144 Å². The average molecular weight is 343 g/mol. The molecule has 0 aliphatic carbocycles. The second kappa shape index (κ2) is 8.05. The number of rotatable bonds is 7. The molecule has 0 spiro atoms. The van der Waals surface area contributed by atoms with Crippen LogP contribution in [0, 0.1) is 0 Å². The van der Waals surface area contributed by atoms with Gasteiger partial charge in [-0.05, 0) is 24.3 Å². The molecule has 1 N–H and O–H groups in total. The molecule has 0 saturated heterocycles. The summed E-state index contributed by atoms with van der Waals surface area (Å²) in [7, 11) is 0. The van der Waals surface area contributed by atoms with Crippen molar-refractivity contribution in [3.63, 3.8) is 0 Å². The molecule has 0 aromatic heterocycles. The van der Waals surface area contributed by atoms with Crippen molar-refractivity contribution in [2.45, 2.75) is 6.42 Å². The monoisotopic (exact) mass is 343 g/mol. The third-order valence-electron chi connectivity index (χ3n) is 3.34. The molecule has 0 unspecified atom stereocenters. The number of nitrogens with one attached hydrogen (secondary N) is 1. The SMILES string of the molecule is O=C(COC(=O)CCOc1ccccc1)Nc1ccc2c(c1)OCO2. The van der Waals surface area contributed by atoms with Gasteiger partial charge in [-0.1, -0.05) is 18.2 Å². The number of anilines is 1. The maximum Gasteiger partial charge on any atom is 0.309 e. The molecule has 1 aliphatic rings. The van der Waals surface area contributed by atoms with Gasteiger partial charge in [0.15, 0.2) is 18.1 Å². The Bertz CT molecular complexity index is 746. The van der Waals surface area contributed by atoms with E-state index in [9.17, 15) is 9.59 Å². The van der Waals surface area contributed by atoms with Crippen LogP contribution in [-0.4, -0.2) is 31.9 Å². The van der Waals surface area contributed by atoms with Gasteiger partial charge in [-0.15, -0.1) is 0 Å². The van der Waals surface area contributed by atoms with Crippen LogP contribution in [-0.2, 0) is 14.3 Å². The van der Waals surface area contributed by atoms with Crippen molar-refractivity contribution in [3.8, 4) is 17.2 Å². The van der Waals surface area contributed by atoms with Crippen LogP contribution >= 0.6 is 0 Å². The van der Waals surface area contributed by atoms with Crippen molar-refractivity contribution >= 4 is 17.6 Å². The van der Waals surface area contributed by atoms with E-state index in [4.69, 9.17) is 18.9 Å². The molecule has 1 amide bonds. The van der Waals surface area contributed by atoms with Gasteiger partial charge in [-0.3, -0.25) is 9.59 Å². The Morgan fingerprint density at radius 2 is 1.84 bits per heavy atom. The van der Waals surface area contributed by atoms with Crippen LogP contribution in [0.25, 0.3) is 0 Å². The van der Waals surface area contributed by atoms with E-state index in [1.54, 1.807) is 30.3 Å². The fraction of sp³-hybridized carbons (Fsp3) is 0.222. The summed E-state index contributed by atoms with van der Waals surface area (Å²) in [5.74, 6) is 0.930. The molecule has 0 radical (unpaired) electrons. The summed E-state index contributed by atoms with van der Waals surface area (Å²) >= 11 is 0. The largest absolute Gasteiger partial charge is 0.493 e. The number of carbonyl (C=O) groups excluding carboxylic acids is 2. The highest BCUT2D eigenvalue weighted by atomic mass is 16.7. The Morgan fingerprint density at radius 3 is 2.68 bits per heavy atom. The number of amides is 1. The zero-order valence-corrected chi connectivity index (χ0v) is 13.4. The smallest absolute Gasteiger partial charge is 0.309 e. The number of fused-ring (bicyclic) bond motifs is 1. The number of para-hydroxylation sites is 1. The van der Waals surface area contributed by atoms with E-state index in [0.717, 1.165) is 0 Å². The van der Waals surface area contributed by atoms with Gasteiger partial charge in [-0.25, -0.2) is 0 Å². The molecule has 7 nitrogen and oxygen atoms in total. The molecule has 0 saturated carbocycles. The second-order valence-electron chi connectivity index (χ2n) is 5.19. The third-order valence-corrected chi connectivity index (χ3v) is 3.34. The summed E-state index contributed by atoms with van der Waals surface area (Å²) in [6, 6.07) is 14.2. The number of esters is 1. The van der Waals surface area contributed by atoms with Gasteiger partial charge in [0.25, 0.3) is 5.91 Å². The Hall–Kier alpha value is -3.22. The quantitative estimate of drug-likeness (QED) is 0.777. The molecule has 0 bridgehead atoms. The van der Waals surface area contributed by atoms with Gasteiger partial charge in [0, 0.05) is 11.8 Å². The first-order chi connectivity index (χ1) is 12.2. The highest BCUT2D eigenvalue weighted by molar-refractivity contribution is 5.93. The average Bonchev–Trinajstić information content (AvgIpc) is 3.09. The summed E-state index contributed by atoms with van der Waals surface area (Å²) in [5.41, 5.74) is 0.540. The van der Waals surface area contributed by atoms with Crippen molar-refractivity contribution in [1.29, 1.82) is 0 Å². The lowest BCUT2D eigenvalue weighted by atomic mass is 10.3. The highest BCUT2D eigenvalue weighted by Gasteiger charge is 2.14.